The van der Waals surface area contributed by atoms with Crippen LogP contribution in [0.1, 0.15) is 38.5 Å². The number of hydrogen-bond acceptors (Lipinski definition) is 3. The van der Waals surface area contributed by atoms with Crippen LogP contribution < -0.4 is 5.32 Å². The van der Waals surface area contributed by atoms with Gasteiger partial charge in [-0.1, -0.05) is 25.1 Å². The Morgan fingerprint density at radius 1 is 1.37 bits per heavy atom. The topological polar surface area (TPSA) is 25.2 Å². The van der Waals surface area contributed by atoms with Crippen molar-refractivity contribution in [2.45, 2.75) is 44.0 Å². The Balaban J connectivity index is 1.74. The molecular formula is C16H21NOS. The lowest BCUT2D eigenvalue weighted by Crippen LogP contribution is -2.40. The molecule has 3 rings (SSSR count). The Hall–Kier alpha value is -0.930. The van der Waals surface area contributed by atoms with Crippen molar-refractivity contribution in [1.82, 2.24) is 5.32 Å². The third kappa shape index (κ3) is 2.82. The van der Waals surface area contributed by atoms with Crippen LogP contribution in [0.15, 0.2) is 34.7 Å². The van der Waals surface area contributed by atoms with E-state index in [1.807, 2.05) is 12.1 Å². The van der Waals surface area contributed by atoms with Crippen molar-refractivity contribution < 1.29 is 4.42 Å². The third-order valence-corrected chi connectivity index (χ3v) is 5.32. The van der Waals surface area contributed by atoms with E-state index in [4.69, 9.17) is 4.42 Å². The Morgan fingerprint density at radius 2 is 2.21 bits per heavy atom. The van der Waals surface area contributed by atoms with Gasteiger partial charge in [0, 0.05) is 16.7 Å². The van der Waals surface area contributed by atoms with Gasteiger partial charge in [0.05, 0.1) is 6.04 Å². The molecule has 19 heavy (non-hydrogen) atoms. The lowest BCUT2D eigenvalue weighted by Gasteiger charge is -2.31. The largest absolute Gasteiger partial charge is 0.459 e. The summed E-state index contributed by atoms with van der Waals surface area (Å²) in [5, 5.41) is 5.62. The molecule has 1 saturated heterocycles. The van der Waals surface area contributed by atoms with Crippen LogP contribution in [0.2, 0.25) is 0 Å². The zero-order valence-corrected chi connectivity index (χ0v) is 12.4. The number of furan rings is 1. The summed E-state index contributed by atoms with van der Waals surface area (Å²) in [4.78, 5) is 0. The van der Waals surface area contributed by atoms with E-state index in [2.05, 4.69) is 49.1 Å². The van der Waals surface area contributed by atoms with Crippen molar-refractivity contribution in [3.63, 3.8) is 0 Å². The SMILES string of the molecule is CC(NC1CCCSC1C)c1cc2ccccc2o1. The third-order valence-electron chi connectivity index (χ3n) is 3.94. The van der Waals surface area contributed by atoms with Crippen molar-refractivity contribution in [1.29, 1.82) is 0 Å². The van der Waals surface area contributed by atoms with E-state index in [9.17, 15) is 0 Å². The zero-order valence-electron chi connectivity index (χ0n) is 11.6. The monoisotopic (exact) mass is 275 g/mol. The summed E-state index contributed by atoms with van der Waals surface area (Å²) < 4.78 is 5.94. The number of hydrogen-bond donors (Lipinski definition) is 1. The number of para-hydroxylation sites is 1. The maximum Gasteiger partial charge on any atom is 0.134 e. The van der Waals surface area contributed by atoms with Crippen LogP contribution in [0.4, 0.5) is 0 Å². The Kier molecular flexibility index (Phi) is 3.85. The van der Waals surface area contributed by atoms with Crippen LogP contribution in [0.25, 0.3) is 11.0 Å². The van der Waals surface area contributed by atoms with Gasteiger partial charge in [-0.05, 0) is 37.7 Å². The first-order valence-electron chi connectivity index (χ1n) is 7.10. The van der Waals surface area contributed by atoms with Crippen LogP contribution in [0.5, 0.6) is 0 Å². The van der Waals surface area contributed by atoms with Crippen molar-refractivity contribution in [2.75, 3.05) is 5.75 Å². The van der Waals surface area contributed by atoms with Crippen LogP contribution in [-0.2, 0) is 0 Å². The summed E-state index contributed by atoms with van der Waals surface area (Å²) in [6, 6.07) is 11.3. The van der Waals surface area contributed by atoms with Crippen molar-refractivity contribution in [2.24, 2.45) is 0 Å². The molecule has 0 amide bonds. The predicted molar refractivity (Wildman–Crippen MR) is 82.7 cm³/mol. The minimum Gasteiger partial charge on any atom is -0.459 e. The van der Waals surface area contributed by atoms with E-state index in [0.717, 1.165) is 11.3 Å². The highest BCUT2D eigenvalue weighted by Crippen LogP contribution is 2.29. The average molecular weight is 275 g/mol. The fraction of sp³-hybridized carbons (Fsp3) is 0.500. The molecule has 2 aromatic rings. The number of rotatable bonds is 3. The standard InChI is InChI=1S/C16H21NOS/c1-11(17-14-7-5-9-19-12(14)2)16-10-13-6-3-4-8-15(13)18-16/h3-4,6,8,10-12,14,17H,5,7,9H2,1-2H3. The smallest absolute Gasteiger partial charge is 0.134 e. The minimum atomic E-state index is 0.276. The zero-order chi connectivity index (χ0) is 13.2. The quantitative estimate of drug-likeness (QED) is 0.900. The van der Waals surface area contributed by atoms with Gasteiger partial charge in [0.25, 0.3) is 0 Å². The maximum absolute atomic E-state index is 5.94. The Labute approximate surface area is 118 Å². The molecule has 1 aliphatic rings. The maximum atomic E-state index is 5.94. The molecule has 1 aromatic carbocycles. The predicted octanol–water partition coefficient (Wildman–Crippen LogP) is 4.37. The van der Waals surface area contributed by atoms with Crippen molar-refractivity contribution in [3.05, 3.63) is 36.1 Å². The highest BCUT2D eigenvalue weighted by Gasteiger charge is 2.24. The molecule has 0 spiro atoms. The molecule has 1 fully saturated rings. The molecule has 3 unspecified atom stereocenters. The summed E-state index contributed by atoms with van der Waals surface area (Å²) >= 11 is 2.08. The van der Waals surface area contributed by atoms with Gasteiger partial charge in [-0.2, -0.15) is 11.8 Å². The highest BCUT2D eigenvalue weighted by atomic mass is 32.2. The second-order valence-electron chi connectivity index (χ2n) is 5.40. The molecule has 0 saturated carbocycles. The van der Waals surface area contributed by atoms with Gasteiger partial charge >= 0.3 is 0 Å². The van der Waals surface area contributed by atoms with Gasteiger partial charge in [0.1, 0.15) is 11.3 Å². The number of thioether (sulfide) groups is 1. The van der Waals surface area contributed by atoms with E-state index in [1.165, 1.54) is 24.0 Å². The molecule has 0 bridgehead atoms. The van der Waals surface area contributed by atoms with Crippen LogP contribution in [-0.4, -0.2) is 17.0 Å². The average Bonchev–Trinajstić information content (AvgIpc) is 2.85. The molecule has 2 heterocycles. The lowest BCUT2D eigenvalue weighted by atomic mass is 10.1. The first-order valence-corrected chi connectivity index (χ1v) is 8.15. The van der Waals surface area contributed by atoms with E-state index in [1.54, 1.807) is 0 Å². The highest BCUT2D eigenvalue weighted by molar-refractivity contribution is 7.99. The van der Waals surface area contributed by atoms with Gasteiger partial charge < -0.3 is 9.73 Å². The molecule has 102 valence electrons. The first kappa shape index (κ1) is 13.1. The van der Waals surface area contributed by atoms with E-state index in [-0.39, 0.29) is 6.04 Å². The summed E-state index contributed by atoms with van der Waals surface area (Å²) in [5.74, 6) is 2.35. The lowest BCUT2D eigenvalue weighted by molar-refractivity contribution is 0.377. The molecule has 3 heteroatoms. The van der Waals surface area contributed by atoms with E-state index in [0.29, 0.717) is 11.3 Å². The summed E-state index contributed by atoms with van der Waals surface area (Å²) in [6.45, 7) is 4.52. The van der Waals surface area contributed by atoms with E-state index >= 15 is 0 Å². The Bertz CT molecular complexity index is 517. The van der Waals surface area contributed by atoms with Crippen LogP contribution in [0.3, 0.4) is 0 Å². The molecular weight excluding hydrogens is 254 g/mol. The van der Waals surface area contributed by atoms with Gasteiger partial charge in [0.15, 0.2) is 0 Å². The first-order chi connectivity index (χ1) is 9.24. The molecule has 3 atom stereocenters. The number of benzene rings is 1. The second-order valence-corrected chi connectivity index (χ2v) is 6.88. The van der Waals surface area contributed by atoms with Gasteiger partial charge in [-0.25, -0.2) is 0 Å². The summed E-state index contributed by atoms with van der Waals surface area (Å²) in [7, 11) is 0. The van der Waals surface area contributed by atoms with Crippen molar-refractivity contribution in [3.8, 4) is 0 Å². The summed E-state index contributed by atoms with van der Waals surface area (Å²) in [5.41, 5.74) is 0.984. The fourth-order valence-corrected chi connectivity index (χ4v) is 3.91. The molecule has 2 nitrogen and oxygen atoms in total. The summed E-state index contributed by atoms with van der Waals surface area (Å²) in [6.07, 6.45) is 2.60. The van der Waals surface area contributed by atoms with Gasteiger partial charge in [0.2, 0.25) is 0 Å². The fourth-order valence-electron chi connectivity index (χ4n) is 2.76. The molecule has 1 aliphatic heterocycles. The number of fused-ring (bicyclic) bond motifs is 1. The van der Waals surface area contributed by atoms with Crippen LogP contribution in [0, 0.1) is 0 Å². The van der Waals surface area contributed by atoms with Gasteiger partial charge in [-0.3, -0.25) is 0 Å². The normalized spacial score (nSPS) is 25.6. The molecule has 1 aromatic heterocycles. The Morgan fingerprint density at radius 3 is 3.00 bits per heavy atom. The minimum absolute atomic E-state index is 0.276. The van der Waals surface area contributed by atoms with Crippen LogP contribution >= 0.6 is 11.8 Å². The van der Waals surface area contributed by atoms with Crippen molar-refractivity contribution >= 4 is 22.7 Å². The second kappa shape index (κ2) is 5.59. The molecule has 0 aliphatic carbocycles. The van der Waals surface area contributed by atoms with E-state index < -0.39 is 0 Å². The molecule has 1 N–H and O–H groups in total. The number of nitrogens with one attached hydrogen (secondary N) is 1. The molecule has 0 radical (unpaired) electrons. The van der Waals surface area contributed by atoms with Gasteiger partial charge in [-0.15, -0.1) is 0 Å².